The maximum atomic E-state index is 10.3. The third kappa shape index (κ3) is 3.09. The summed E-state index contributed by atoms with van der Waals surface area (Å²) in [6.45, 7) is 1.80. The van der Waals surface area contributed by atoms with E-state index in [2.05, 4.69) is 20.6 Å². The summed E-state index contributed by atoms with van der Waals surface area (Å²) in [6, 6.07) is 0. The van der Waals surface area contributed by atoms with Crippen LogP contribution in [0.2, 0.25) is 0 Å². The van der Waals surface area contributed by atoms with Crippen molar-refractivity contribution in [2.45, 2.75) is 19.8 Å². The first-order valence-corrected chi connectivity index (χ1v) is 3.65. The highest BCUT2D eigenvalue weighted by Crippen LogP contribution is 1.92. The lowest BCUT2D eigenvalue weighted by atomic mass is 10.3. The molecule has 1 heterocycles. The molecule has 0 fully saturated rings. The number of hydrogen-bond acceptors (Lipinski definition) is 5. The fourth-order valence-corrected chi connectivity index (χ4v) is 0.740. The highest BCUT2D eigenvalue weighted by Gasteiger charge is 1.97. The summed E-state index contributed by atoms with van der Waals surface area (Å²) in [5, 5.41) is 13.1. The number of ether oxygens (including phenoxy) is 1. The molecule has 66 valence electrons. The molecule has 6 nitrogen and oxygen atoms in total. The third-order valence-electron chi connectivity index (χ3n) is 1.25. The molecular formula is C6H10N4O2. The summed E-state index contributed by atoms with van der Waals surface area (Å²) in [5.41, 5.74) is 0. The number of aromatic amines is 1. The largest absolute Gasteiger partial charge is 0.466 e. The van der Waals surface area contributed by atoms with Gasteiger partial charge in [-0.3, -0.25) is 4.79 Å². The molecule has 6 heteroatoms. The summed E-state index contributed by atoms with van der Waals surface area (Å²) < 4.78 is 4.72. The van der Waals surface area contributed by atoms with E-state index in [4.69, 9.17) is 4.74 Å². The van der Waals surface area contributed by atoms with Gasteiger partial charge < -0.3 is 4.74 Å². The first kappa shape index (κ1) is 8.63. The first-order valence-electron chi connectivity index (χ1n) is 3.65. The van der Waals surface area contributed by atoms with Gasteiger partial charge in [-0.25, -0.2) is 5.10 Å². The Bertz CT molecular complexity index is 234. The molecule has 0 aliphatic carbocycles. The van der Waals surface area contributed by atoms with Crippen LogP contribution in [-0.2, 0) is 16.0 Å². The summed E-state index contributed by atoms with van der Waals surface area (Å²) in [5.74, 6) is 0.452. The van der Waals surface area contributed by atoms with Crippen molar-refractivity contribution in [3.63, 3.8) is 0 Å². The molecule has 12 heavy (non-hydrogen) atoms. The van der Waals surface area contributed by atoms with E-state index in [0.29, 0.717) is 18.9 Å². The van der Waals surface area contributed by atoms with Crippen LogP contribution in [0.25, 0.3) is 0 Å². The van der Waals surface area contributed by atoms with E-state index in [1.54, 1.807) is 0 Å². The van der Waals surface area contributed by atoms with Gasteiger partial charge in [0.2, 0.25) is 0 Å². The maximum Gasteiger partial charge on any atom is 0.302 e. The van der Waals surface area contributed by atoms with Gasteiger partial charge in [0.25, 0.3) is 0 Å². The van der Waals surface area contributed by atoms with Gasteiger partial charge in [0.1, 0.15) is 5.82 Å². The van der Waals surface area contributed by atoms with Crippen molar-refractivity contribution >= 4 is 5.97 Å². The number of tetrazole rings is 1. The van der Waals surface area contributed by atoms with Crippen molar-refractivity contribution in [2.75, 3.05) is 6.61 Å². The van der Waals surface area contributed by atoms with E-state index in [1.165, 1.54) is 6.92 Å². The zero-order chi connectivity index (χ0) is 8.81. The molecule has 0 spiro atoms. The van der Waals surface area contributed by atoms with E-state index < -0.39 is 0 Å². The zero-order valence-electron chi connectivity index (χ0n) is 6.78. The molecule has 0 bridgehead atoms. The Morgan fingerprint density at radius 1 is 1.67 bits per heavy atom. The van der Waals surface area contributed by atoms with Gasteiger partial charge >= 0.3 is 5.97 Å². The third-order valence-corrected chi connectivity index (χ3v) is 1.25. The molecule has 0 aliphatic rings. The van der Waals surface area contributed by atoms with Gasteiger partial charge in [0.15, 0.2) is 0 Å². The van der Waals surface area contributed by atoms with E-state index >= 15 is 0 Å². The SMILES string of the molecule is CC(=O)OCCCc1nnn[nH]1. The van der Waals surface area contributed by atoms with Gasteiger partial charge in [0.05, 0.1) is 6.61 Å². The molecule has 1 N–H and O–H groups in total. The lowest BCUT2D eigenvalue weighted by Gasteiger charge is -1.98. The Morgan fingerprint density at radius 3 is 3.08 bits per heavy atom. The number of carbonyl (C=O) groups is 1. The van der Waals surface area contributed by atoms with Gasteiger partial charge in [-0.1, -0.05) is 0 Å². The zero-order valence-corrected chi connectivity index (χ0v) is 6.78. The van der Waals surface area contributed by atoms with Crippen LogP contribution in [-0.4, -0.2) is 33.2 Å². The van der Waals surface area contributed by atoms with Gasteiger partial charge in [-0.15, -0.1) is 5.10 Å². The van der Waals surface area contributed by atoms with E-state index in [0.717, 1.165) is 6.42 Å². The molecule has 0 saturated heterocycles. The lowest BCUT2D eigenvalue weighted by Crippen LogP contribution is -2.02. The molecule has 0 radical (unpaired) electrons. The normalized spacial score (nSPS) is 9.75. The quantitative estimate of drug-likeness (QED) is 0.495. The van der Waals surface area contributed by atoms with Crippen molar-refractivity contribution in [2.24, 2.45) is 0 Å². The van der Waals surface area contributed by atoms with Crippen LogP contribution in [0.4, 0.5) is 0 Å². The molecule has 0 unspecified atom stereocenters. The number of aromatic nitrogens is 4. The Labute approximate surface area is 69.3 Å². The molecule has 1 rings (SSSR count). The van der Waals surface area contributed by atoms with Crippen LogP contribution in [0.3, 0.4) is 0 Å². The monoisotopic (exact) mass is 170 g/mol. The molecular weight excluding hydrogens is 160 g/mol. The van der Waals surface area contributed by atoms with Crippen molar-refractivity contribution < 1.29 is 9.53 Å². The van der Waals surface area contributed by atoms with Gasteiger partial charge in [0, 0.05) is 13.3 Å². The average Bonchev–Trinajstić information content (AvgIpc) is 2.49. The summed E-state index contributed by atoms with van der Waals surface area (Å²) in [6.07, 6.45) is 1.43. The van der Waals surface area contributed by atoms with Crippen molar-refractivity contribution in [1.29, 1.82) is 0 Å². The van der Waals surface area contributed by atoms with Crippen LogP contribution in [0, 0.1) is 0 Å². The van der Waals surface area contributed by atoms with Crippen molar-refractivity contribution in [3.8, 4) is 0 Å². The second-order valence-corrected chi connectivity index (χ2v) is 2.29. The number of nitrogens with zero attached hydrogens (tertiary/aromatic N) is 3. The van der Waals surface area contributed by atoms with Crippen LogP contribution in [0.1, 0.15) is 19.2 Å². The van der Waals surface area contributed by atoms with E-state index in [9.17, 15) is 4.79 Å². The minimum atomic E-state index is -0.259. The number of esters is 1. The highest BCUT2D eigenvalue weighted by molar-refractivity contribution is 5.65. The average molecular weight is 170 g/mol. The Balaban J connectivity index is 2.07. The van der Waals surface area contributed by atoms with E-state index in [1.807, 2.05) is 0 Å². The molecule has 0 atom stereocenters. The van der Waals surface area contributed by atoms with Crippen LogP contribution >= 0.6 is 0 Å². The minimum Gasteiger partial charge on any atom is -0.466 e. The number of aryl methyl sites for hydroxylation is 1. The summed E-state index contributed by atoms with van der Waals surface area (Å²) in [4.78, 5) is 10.3. The highest BCUT2D eigenvalue weighted by atomic mass is 16.5. The second-order valence-electron chi connectivity index (χ2n) is 2.29. The fraction of sp³-hybridized carbons (Fsp3) is 0.667. The topological polar surface area (TPSA) is 80.8 Å². The molecule has 1 aromatic heterocycles. The van der Waals surface area contributed by atoms with Crippen molar-refractivity contribution in [3.05, 3.63) is 5.82 Å². The fourth-order valence-electron chi connectivity index (χ4n) is 0.740. The Kier molecular flexibility index (Phi) is 3.18. The number of hydrogen-bond donors (Lipinski definition) is 1. The van der Waals surface area contributed by atoms with Gasteiger partial charge in [-0.2, -0.15) is 0 Å². The Morgan fingerprint density at radius 2 is 2.50 bits per heavy atom. The molecule has 0 aromatic carbocycles. The van der Waals surface area contributed by atoms with E-state index in [-0.39, 0.29) is 5.97 Å². The lowest BCUT2D eigenvalue weighted by molar-refractivity contribution is -0.141. The smallest absolute Gasteiger partial charge is 0.302 e. The number of rotatable bonds is 4. The standard InChI is InChI=1S/C6H10N4O2/c1-5(11)12-4-2-3-6-7-9-10-8-6/h2-4H2,1H3,(H,7,8,9,10). The second kappa shape index (κ2) is 4.42. The Hall–Kier alpha value is -1.46. The molecule has 0 aliphatic heterocycles. The molecule has 1 aromatic rings. The van der Waals surface area contributed by atoms with Crippen LogP contribution in [0.5, 0.6) is 0 Å². The van der Waals surface area contributed by atoms with Crippen molar-refractivity contribution in [1.82, 2.24) is 20.6 Å². The molecule has 0 saturated carbocycles. The minimum absolute atomic E-state index is 0.259. The van der Waals surface area contributed by atoms with Crippen LogP contribution < -0.4 is 0 Å². The van der Waals surface area contributed by atoms with Gasteiger partial charge in [-0.05, 0) is 16.8 Å². The molecule has 0 amide bonds. The predicted octanol–water partition coefficient (Wildman–Crippen LogP) is -0.305. The van der Waals surface area contributed by atoms with Crippen LogP contribution in [0.15, 0.2) is 0 Å². The summed E-state index contributed by atoms with van der Waals surface area (Å²) in [7, 11) is 0. The number of H-pyrrole nitrogens is 1. The predicted molar refractivity (Wildman–Crippen MR) is 39.1 cm³/mol. The summed E-state index contributed by atoms with van der Waals surface area (Å²) >= 11 is 0. The first-order chi connectivity index (χ1) is 5.79. The number of nitrogens with one attached hydrogen (secondary N) is 1. The maximum absolute atomic E-state index is 10.3. The number of carbonyl (C=O) groups excluding carboxylic acids is 1.